The van der Waals surface area contributed by atoms with E-state index in [1.165, 1.54) is 13.5 Å². The van der Waals surface area contributed by atoms with Crippen molar-refractivity contribution >= 4 is 18.1 Å². The van der Waals surface area contributed by atoms with Crippen molar-refractivity contribution in [2.45, 2.75) is 37.7 Å². The van der Waals surface area contributed by atoms with Crippen LogP contribution >= 0.6 is 0 Å². The molecule has 29 heavy (non-hydrogen) atoms. The standard InChI is InChI=1S/C25H28O4/c1-3-25(24(27)28-2,21-7-5-4-6-8-21)29-23-17-13-20(14-18-23)10-9-19-11-15-22(26)16-12-19/h3,9-18,21,26H,1,4-8H2,2H3. The fourth-order valence-corrected chi connectivity index (χ4v) is 3.89. The number of phenols is 1. The predicted molar refractivity (Wildman–Crippen MR) is 116 cm³/mol. The molecule has 0 heterocycles. The number of hydrogen-bond acceptors (Lipinski definition) is 4. The van der Waals surface area contributed by atoms with Crippen molar-refractivity contribution in [1.82, 2.24) is 0 Å². The van der Waals surface area contributed by atoms with Gasteiger partial charge in [-0.1, -0.05) is 62.3 Å². The third kappa shape index (κ3) is 4.89. The molecule has 0 aromatic heterocycles. The molecule has 1 unspecified atom stereocenters. The van der Waals surface area contributed by atoms with E-state index in [-0.39, 0.29) is 11.7 Å². The maximum Gasteiger partial charge on any atom is 0.354 e. The Morgan fingerprint density at radius 3 is 2.07 bits per heavy atom. The summed E-state index contributed by atoms with van der Waals surface area (Å²) in [5, 5.41) is 9.36. The van der Waals surface area contributed by atoms with Crippen molar-refractivity contribution in [3.63, 3.8) is 0 Å². The van der Waals surface area contributed by atoms with Crippen LogP contribution in [-0.2, 0) is 9.53 Å². The Bertz CT molecular complexity index is 845. The summed E-state index contributed by atoms with van der Waals surface area (Å²) in [7, 11) is 1.39. The van der Waals surface area contributed by atoms with Crippen LogP contribution in [0.25, 0.3) is 12.2 Å². The van der Waals surface area contributed by atoms with Crippen LogP contribution in [0.3, 0.4) is 0 Å². The first-order valence-corrected chi connectivity index (χ1v) is 10.1. The number of carbonyl (C=O) groups is 1. The highest BCUT2D eigenvalue weighted by Crippen LogP contribution is 2.38. The second-order valence-corrected chi connectivity index (χ2v) is 7.42. The molecule has 4 heteroatoms. The van der Waals surface area contributed by atoms with Gasteiger partial charge in [0.2, 0.25) is 5.60 Å². The van der Waals surface area contributed by atoms with Crippen LogP contribution in [-0.4, -0.2) is 23.8 Å². The first-order chi connectivity index (χ1) is 14.1. The number of rotatable bonds is 7. The topological polar surface area (TPSA) is 55.8 Å². The monoisotopic (exact) mass is 392 g/mol. The van der Waals surface area contributed by atoms with Crippen molar-refractivity contribution in [3.8, 4) is 11.5 Å². The summed E-state index contributed by atoms with van der Waals surface area (Å²) in [5.74, 6) is 0.534. The van der Waals surface area contributed by atoms with Gasteiger partial charge >= 0.3 is 5.97 Å². The van der Waals surface area contributed by atoms with Gasteiger partial charge in [0, 0.05) is 5.92 Å². The maximum absolute atomic E-state index is 12.7. The highest BCUT2D eigenvalue weighted by atomic mass is 16.6. The number of carbonyl (C=O) groups excluding carboxylic acids is 1. The number of methoxy groups -OCH3 is 1. The van der Waals surface area contributed by atoms with Gasteiger partial charge in [0.1, 0.15) is 11.5 Å². The summed E-state index contributed by atoms with van der Waals surface area (Å²) in [6.07, 6.45) is 10.8. The minimum Gasteiger partial charge on any atom is -0.508 e. The zero-order valence-corrected chi connectivity index (χ0v) is 16.8. The molecule has 0 radical (unpaired) electrons. The summed E-state index contributed by atoms with van der Waals surface area (Å²) in [4.78, 5) is 12.7. The largest absolute Gasteiger partial charge is 0.508 e. The fraction of sp³-hybridized carbons (Fsp3) is 0.320. The molecule has 3 rings (SSSR count). The molecule has 1 atom stereocenters. The third-order valence-corrected chi connectivity index (χ3v) is 5.55. The van der Waals surface area contributed by atoms with Crippen molar-refractivity contribution < 1.29 is 19.4 Å². The number of aromatic hydroxyl groups is 1. The number of phenolic OH excluding ortho intramolecular Hbond substituents is 1. The molecule has 4 nitrogen and oxygen atoms in total. The number of ether oxygens (including phenoxy) is 2. The second-order valence-electron chi connectivity index (χ2n) is 7.42. The molecule has 2 aromatic carbocycles. The molecule has 1 aliphatic rings. The van der Waals surface area contributed by atoms with E-state index in [4.69, 9.17) is 9.47 Å². The normalized spacial score (nSPS) is 16.9. The molecule has 0 spiro atoms. The highest BCUT2D eigenvalue weighted by Gasteiger charge is 2.47. The molecule has 2 aromatic rings. The Morgan fingerprint density at radius 1 is 1.00 bits per heavy atom. The van der Waals surface area contributed by atoms with Gasteiger partial charge in [-0.25, -0.2) is 4.79 Å². The molecule has 1 saturated carbocycles. The molecule has 1 fully saturated rings. The van der Waals surface area contributed by atoms with Crippen molar-refractivity contribution in [1.29, 1.82) is 0 Å². The Labute approximate surface area is 172 Å². The van der Waals surface area contributed by atoms with Crippen LogP contribution in [0.4, 0.5) is 0 Å². The van der Waals surface area contributed by atoms with Crippen molar-refractivity contribution in [3.05, 3.63) is 72.3 Å². The van der Waals surface area contributed by atoms with E-state index in [1.54, 1.807) is 18.2 Å². The van der Waals surface area contributed by atoms with Crippen LogP contribution in [0.5, 0.6) is 11.5 Å². The molecule has 1 N–H and O–H groups in total. The predicted octanol–water partition coefficient (Wildman–Crippen LogP) is 5.62. The second kappa shape index (κ2) is 9.46. The first-order valence-electron chi connectivity index (χ1n) is 10.1. The Hall–Kier alpha value is -3.01. The molecule has 0 bridgehead atoms. The molecular weight excluding hydrogens is 364 g/mol. The molecule has 1 aliphatic carbocycles. The zero-order chi connectivity index (χ0) is 20.7. The van der Waals surface area contributed by atoms with E-state index in [0.29, 0.717) is 5.75 Å². The van der Waals surface area contributed by atoms with Crippen molar-refractivity contribution in [2.75, 3.05) is 7.11 Å². The highest BCUT2D eigenvalue weighted by molar-refractivity contribution is 5.83. The van der Waals surface area contributed by atoms with E-state index in [0.717, 1.165) is 36.8 Å². The lowest BCUT2D eigenvalue weighted by Gasteiger charge is -2.38. The quantitative estimate of drug-likeness (QED) is 0.377. The van der Waals surface area contributed by atoms with E-state index >= 15 is 0 Å². The van der Waals surface area contributed by atoms with Gasteiger partial charge in [0.25, 0.3) is 0 Å². The summed E-state index contributed by atoms with van der Waals surface area (Å²) >= 11 is 0. The van der Waals surface area contributed by atoms with Crippen molar-refractivity contribution in [2.24, 2.45) is 5.92 Å². The van der Waals surface area contributed by atoms with Crippen LogP contribution in [0.1, 0.15) is 43.2 Å². The number of hydrogen-bond donors (Lipinski definition) is 1. The lowest BCUT2D eigenvalue weighted by molar-refractivity contribution is -0.160. The molecule has 0 saturated heterocycles. The molecular formula is C25H28O4. The van der Waals surface area contributed by atoms with Crippen LogP contribution < -0.4 is 4.74 Å². The third-order valence-electron chi connectivity index (χ3n) is 5.55. The Kier molecular flexibility index (Phi) is 6.76. The zero-order valence-electron chi connectivity index (χ0n) is 16.8. The van der Waals surface area contributed by atoms with Gasteiger partial charge in [-0.3, -0.25) is 0 Å². The van der Waals surface area contributed by atoms with Gasteiger partial charge in [0.05, 0.1) is 7.11 Å². The van der Waals surface area contributed by atoms with Gasteiger partial charge in [-0.05, 0) is 54.3 Å². The van der Waals surface area contributed by atoms with Gasteiger partial charge in [-0.2, -0.15) is 0 Å². The minimum absolute atomic E-state index is 0.0651. The summed E-state index contributed by atoms with van der Waals surface area (Å²) in [6.45, 7) is 3.91. The summed E-state index contributed by atoms with van der Waals surface area (Å²) in [6, 6.07) is 14.6. The minimum atomic E-state index is -1.15. The first kappa shape index (κ1) is 20.7. The summed E-state index contributed by atoms with van der Waals surface area (Å²) in [5.41, 5.74) is 0.848. The lowest BCUT2D eigenvalue weighted by atomic mass is 9.76. The average molecular weight is 392 g/mol. The van der Waals surface area contributed by atoms with Gasteiger partial charge in [0.15, 0.2) is 0 Å². The Morgan fingerprint density at radius 2 is 1.55 bits per heavy atom. The molecule has 0 amide bonds. The van der Waals surface area contributed by atoms with Crippen LogP contribution in [0, 0.1) is 5.92 Å². The van der Waals surface area contributed by atoms with E-state index in [2.05, 4.69) is 6.58 Å². The Balaban J connectivity index is 1.77. The van der Waals surface area contributed by atoms with Gasteiger partial charge < -0.3 is 14.6 Å². The SMILES string of the molecule is C=CC(Oc1ccc(C=Cc2ccc(O)cc2)cc1)(C(=O)OC)C1CCCCC1. The molecule has 0 aliphatic heterocycles. The average Bonchev–Trinajstić information content (AvgIpc) is 2.78. The number of benzene rings is 2. The maximum atomic E-state index is 12.7. The summed E-state index contributed by atoms with van der Waals surface area (Å²) < 4.78 is 11.3. The fourth-order valence-electron chi connectivity index (χ4n) is 3.89. The molecule has 152 valence electrons. The van der Waals surface area contributed by atoms with E-state index < -0.39 is 11.6 Å². The van der Waals surface area contributed by atoms with Gasteiger partial charge in [-0.15, -0.1) is 0 Å². The lowest BCUT2D eigenvalue weighted by Crippen LogP contribution is -2.50. The van der Waals surface area contributed by atoms with Crippen LogP contribution in [0.15, 0.2) is 61.2 Å². The van der Waals surface area contributed by atoms with Crippen LogP contribution in [0.2, 0.25) is 0 Å². The number of esters is 1. The smallest absolute Gasteiger partial charge is 0.354 e. The van der Waals surface area contributed by atoms with E-state index in [9.17, 15) is 9.90 Å². The van der Waals surface area contributed by atoms with E-state index in [1.807, 2.05) is 48.6 Å².